The van der Waals surface area contributed by atoms with Gasteiger partial charge in [-0.3, -0.25) is 4.79 Å². The zero-order chi connectivity index (χ0) is 21.0. The van der Waals surface area contributed by atoms with E-state index in [4.69, 9.17) is 11.6 Å². The van der Waals surface area contributed by atoms with Crippen LogP contribution in [0.3, 0.4) is 0 Å². The van der Waals surface area contributed by atoms with Crippen LogP contribution in [-0.2, 0) is 11.3 Å². The highest BCUT2D eigenvalue weighted by Gasteiger charge is 2.31. The molecule has 1 saturated heterocycles. The minimum Gasteiger partial charge on any atom is -0.322 e. The SMILES string of the molecule is Cc1cccc(C(C)C)c1NC(=O)[C@@H](C)[NH+]1CC[NH+](Cc2cccc(Cl)c2)CC1. The number of rotatable bonds is 6. The normalized spacial score (nSPS) is 20.5. The van der Waals surface area contributed by atoms with Crippen LogP contribution >= 0.6 is 11.6 Å². The molecule has 1 atom stereocenters. The van der Waals surface area contributed by atoms with Crippen molar-refractivity contribution in [2.75, 3.05) is 31.5 Å². The topological polar surface area (TPSA) is 38.0 Å². The lowest BCUT2D eigenvalue weighted by molar-refractivity contribution is -1.02. The number of para-hydroxylation sites is 1. The lowest BCUT2D eigenvalue weighted by Crippen LogP contribution is -3.29. The van der Waals surface area contributed by atoms with Crippen molar-refractivity contribution in [1.82, 2.24) is 0 Å². The van der Waals surface area contributed by atoms with Gasteiger partial charge in [-0.2, -0.15) is 0 Å². The van der Waals surface area contributed by atoms with Gasteiger partial charge in [-0.15, -0.1) is 0 Å². The van der Waals surface area contributed by atoms with E-state index in [2.05, 4.69) is 63.3 Å². The van der Waals surface area contributed by atoms with Crippen LogP contribution < -0.4 is 15.1 Å². The Morgan fingerprint density at radius 1 is 1.07 bits per heavy atom. The van der Waals surface area contributed by atoms with E-state index >= 15 is 0 Å². The van der Waals surface area contributed by atoms with Crippen LogP contribution in [-0.4, -0.2) is 38.1 Å². The summed E-state index contributed by atoms with van der Waals surface area (Å²) >= 11 is 6.11. The third kappa shape index (κ3) is 5.59. The van der Waals surface area contributed by atoms with Crippen LogP contribution in [0.4, 0.5) is 5.69 Å². The quantitative estimate of drug-likeness (QED) is 0.664. The molecule has 2 aromatic carbocycles. The van der Waals surface area contributed by atoms with Gasteiger partial charge in [-0.05, 0) is 43.0 Å². The zero-order valence-electron chi connectivity index (χ0n) is 18.0. The number of halogens is 1. The molecule has 0 aliphatic carbocycles. The fraction of sp³-hybridized carbons (Fsp3) is 0.458. The number of carbonyl (C=O) groups is 1. The van der Waals surface area contributed by atoms with Crippen molar-refractivity contribution in [2.45, 2.75) is 46.2 Å². The molecular formula is C24H34ClN3O+2. The first kappa shape index (κ1) is 21.8. The highest BCUT2D eigenvalue weighted by molar-refractivity contribution is 6.30. The summed E-state index contributed by atoms with van der Waals surface area (Å²) in [6, 6.07) is 14.3. The Morgan fingerprint density at radius 2 is 1.76 bits per heavy atom. The molecule has 0 saturated carbocycles. The van der Waals surface area contributed by atoms with Crippen LogP contribution in [0, 0.1) is 6.92 Å². The Morgan fingerprint density at radius 3 is 2.41 bits per heavy atom. The highest BCUT2D eigenvalue weighted by Crippen LogP contribution is 2.27. The van der Waals surface area contributed by atoms with Crippen molar-refractivity contribution < 1.29 is 14.6 Å². The van der Waals surface area contributed by atoms with Crippen molar-refractivity contribution >= 4 is 23.2 Å². The minimum absolute atomic E-state index is 0.0534. The van der Waals surface area contributed by atoms with Crippen molar-refractivity contribution in [1.29, 1.82) is 0 Å². The van der Waals surface area contributed by atoms with Gasteiger partial charge in [0, 0.05) is 16.3 Å². The largest absolute Gasteiger partial charge is 0.322 e. The Bertz CT molecular complexity index is 844. The van der Waals surface area contributed by atoms with Crippen molar-refractivity contribution in [3.63, 3.8) is 0 Å². The molecule has 29 heavy (non-hydrogen) atoms. The fourth-order valence-electron chi connectivity index (χ4n) is 4.23. The predicted octanol–water partition coefficient (Wildman–Crippen LogP) is 2.08. The van der Waals surface area contributed by atoms with E-state index in [1.165, 1.54) is 16.0 Å². The van der Waals surface area contributed by atoms with E-state index in [-0.39, 0.29) is 11.9 Å². The summed E-state index contributed by atoms with van der Waals surface area (Å²) < 4.78 is 0. The molecule has 5 heteroatoms. The molecule has 0 unspecified atom stereocenters. The maximum Gasteiger partial charge on any atom is 0.282 e. The Hall–Kier alpha value is -1.88. The molecule has 1 fully saturated rings. The third-order valence-electron chi connectivity index (χ3n) is 6.12. The van der Waals surface area contributed by atoms with Gasteiger partial charge in [-0.1, -0.05) is 55.8 Å². The number of hydrogen-bond donors (Lipinski definition) is 3. The molecule has 3 N–H and O–H groups in total. The molecule has 3 rings (SSSR count). The number of anilines is 1. The van der Waals surface area contributed by atoms with Gasteiger partial charge in [0.05, 0.1) is 0 Å². The third-order valence-corrected chi connectivity index (χ3v) is 6.36. The van der Waals surface area contributed by atoms with Crippen molar-refractivity contribution in [3.05, 3.63) is 64.2 Å². The lowest BCUT2D eigenvalue weighted by atomic mass is 9.98. The molecule has 1 amide bonds. The van der Waals surface area contributed by atoms with Crippen molar-refractivity contribution in [3.8, 4) is 0 Å². The number of benzene rings is 2. The average Bonchev–Trinajstić information content (AvgIpc) is 2.69. The molecule has 156 valence electrons. The van der Waals surface area contributed by atoms with E-state index in [0.29, 0.717) is 5.92 Å². The smallest absolute Gasteiger partial charge is 0.282 e. The van der Waals surface area contributed by atoms with Gasteiger partial charge in [-0.25, -0.2) is 0 Å². The number of piperazine rings is 1. The standard InChI is InChI=1S/C24H32ClN3O/c1-17(2)22-10-5-7-18(3)23(22)26-24(29)19(4)28-13-11-27(12-14-28)16-20-8-6-9-21(25)15-20/h5-10,15,17,19H,11-14,16H2,1-4H3,(H,26,29)/p+2/t19-/m1/s1. The van der Waals surface area contributed by atoms with Crippen molar-refractivity contribution in [2.24, 2.45) is 0 Å². The number of quaternary nitrogens is 2. The number of hydrogen-bond acceptors (Lipinski definition) is 1. The summed E-state index contributed by atoms with van der Waals surface area (Å²) in [6.45, 7) is 13.6. The molecule has 0 spiro atoms. The Balaban J connectivity index is 1.57. The molecule has 1 aliphatic heterocycles. The molecule has 4 nitrogen and oxygen atoms in total. The Kier molecular flexibility index (Phi) is 7.33. The van der Waals surface area contributed by atoms with E-state index in [0.717, 1.165) is 49.0 Å². The molecule has 0 radical (unpaired) electrons. The number of amides is 1. The van der Waals surface area contributed by atoms with Gasteiger partial charge in [0.1, 0.15) is 32.7 Å². The van der Waals surface area contributed by atoms with Gasteiger partial charge in [0.2, 0.25) is 0 Å². The van der Waals surface area contributed by atoms with Crippen LogP contribution in [0.15, 0.2) is 42.5 Å². The number of carbonyl (C=O) groups excluding carboxylic acids is 1. The van der Waals surface area contributed by atoms with Gasteiger partial charge in [0.25, 0.3) is 5.91 Å². The minimum atomic E-state index is -0.0534. The molecule has 1 aliphatic rings. The first-order valence-electron chi connectivity index (χ1n) is 10.7. The second-order valence-electron chi connectivity index (χ2n) is 8.62. The van der Waals surface area contributed by atoms with Gasteiger partial charge >= 0.3 is 0 Å². The summed E-state index contributed by atoms with van der Waals surface area (Å²) in [5.74, 6) is 0.501. The summed E-state index contributed by atoms with van der Waals surface area (Å²) in [7, 11) is 0. The van der Waals surface area contributed by atoms with Gasteiger partial charge in [0.15, 0.2) is 6.04 Å². The van der Waals surface area contributed by atoms with E-state index in [1.807, 2.05) is 12.1 Å². The first-order chi connectivity index (χ1) is 13.8. The summed E-state index contributed by atoms with van der Waals surface area (Å²) in [4.78, 5) is 15.9. The van der Waals surface area contributed by atoms with E-state index in [9.17, 15) is 4.79 Å². The average molecular weight is 416 g/mol. The number of aryl methyl sites for hydroxylation is 1. The first-order valence-corrected chi connectivity index (χ1v) is 11.1. The second kappa shape index (κ2) is 9.75. The van der Waals surface area contributed by atoms with E-state index < -0.39 is 0 Å². The monoisotopic (exact) mass is 415 g/mol. The predicted molar refractivity (Wildman–Crippen MR) is 120 cm³/mol. The molecule has 0 aromatic heterocycles. The summed E-state index contributed by atoms with van der Waals surface area (Å²) in [5.41, 5.74) is 4.60. The fourth-order valence-corrected chi connectivity index (χ4v) is 4.44. The van der Waals surface area contributed by atoms with Crippen LogP contribution in [0.1, 0.15) is 43.4 Å². The van der Waals surface area contributed by atoms with Crippen LogP contribution in [0.2, 0.25) is 5.02 Å². The molecule has 0 bridgehead atoms. The van der Waals surface area contributed by atoms with Gasteiger partial charge < -0.3 is 15.1 Å². The summed E-state index contributed by atoms with van der Waals surface area (Å²) in [6.07, 6.45) is 0. The maximum absolute atomic E-state index is 13.0. The summed E-state index contributed by atoms with van der Waals surface area (Å²) in [5, 5.41) is 4.03. The second-order valence-corrected chi connectivity index (χ2v) is 9.06. The highest BCUT2D eigenvalue weighted by atomic mass is 35.5. The molecule has 2 aromatic rings. The zero-order valence-corrected chi connectivity index (χ0v) is 18.8. The van der Waals surface area contributed by atoms with E-state index in [1.54, 1.807) is 4.90 Å². The molecule has 1 heterocycles. The number of nitrogens with one attached hydrogen (secondary N) is 3. The maximum atomic E-state index is 13.0. The van der Waals surface area contributed by atoms with Crippen LogP contribution in [0.25, 0.3) is 0 Å². The van der Waals surface area contributed by atoms with Crippen LogP contribution in [0.5, 0.6) is 0 Å². The molecular weight excluding hydrogens is 382 g/mol. The Labute approximate surface area is 179 Å². The lowest BCUT2D eigenvalue weighted by Gasteiger charge is -2.33.